The molecule has 0 aromatic heterocycles. The first-order valence-corrected chi connectivity index (χ1v) is 4.04. The Morgan fingerprint density at radius 3 is 2.57 bits per heavy atom. The van der Waals surface area contributed by atoms with Gasteiger partial charge in [0.25, 0.3) is 11.8 Å². The molecule has 0 spiro atoms. The van der Waals surface area contributed by atoms with Crippen LogP contribution in [-0.2, 0) is 9.59 Å². The molecule has 3 N–H and O–H groups in total. The van der Waals surface area contributed by atoms with Crippen molar-refractivity contribution in [2.45, 2.75) is 12.6 Å². The van der Waals surface area contributed by atoms with Gasteiger partial charge in [-0.05, 0) is 6.92 Å². The van der Waals surface area contributed by atoms with E-state index in [0.29, 0.717) is 4.90 Å². The van der Waals surface area contributed by atoms with E-state index >= 15 is 0 Å². The predicted molar refractivity (Wildman–Crippen MR) is 44.9 cm³/mol. The number of urea groups is 1. The molecule has 1 unspecified atom stereocenters. The number of carbonyl (C=O) groups is 3. The summed E-state index contributed by atoms with van der Waals surface area (Å²) in [6.07, 6.45) is 0. The van der Waals surface area contributed by atoms with Gasteiger partial charge < -0.3 is 10.4 Å². The van der Waals surface area contributed by atoms with Gasteiger partial charge in [-0.1, -0.05) is 0 Å². The van der Waals surface area contributed by atoms with Gasteiger partial charge in [0.15, 0.2) is 0 Å². The van der Waals surface area contributed by atoms with Crippen molar-refractivity contribution >= 4 is 17.8 Å². The highest BCUT2D eigenvalue weighted by Gasteiger charge is 2.55. The molecule has 1 fully saturated rings. The van der Waals surface area contributed by atoms with Crippen LogP contribution < -0.4 is 10.6 Å². The Bertz CT molecular complexity index is 303. The highest BCUT2D eigenvalue weighted by Crippen LogP contribution is 2.16. The van der Waals surface area contributed by atoms with Gasteiger partial charge in [0.1, 0.15) is 0 Å². The fraction of sp³-hybridized carbons (Fsp3) is 0.571. The van der Waals surface area contributed by atoms with E-state index in [1.165, 1.54) is 0 Å². The van der Waals surface area contributed by atoms with E-state index in [1.807, 2.05) is 5.32 Å². The average molecular weight is 201 g/mol. The van der Waals surface area contributed by atoms with Gasteiger partial charge in [0, 0.05) is 13.6 Å². The second kappa shape index (κ2) is 3.26. The van der Waals surface area contributed by atoms with E-state index in [0.717, 1.165) is 7.05 Å². The first kappa shape index (κ1) is 10.5. The Morgan fingerprint density at radius 1 is 1.64 bits per heavy atom. The number of carbonyl (C=O) groups excluding carboxylic acids is 3. The Kier molecular flexibility index (Phi) is 2.43. The number of nitrogens with one attached hydrogen (secondary N) is 2. The van der Waals surface area contributed by atoms with Crippen molar-refractivity contribution in [1.82, 2.24) is 15.5 Å². The quantitative estimate of drug-likeness (QED) is 0.355. The second-order valence-corrected chi connectivity index (χ2v) is 2.85. The molecule has 7 nitrogen and oxygen atoms in total. The highest BCUT2D eigenvalue weighted by molar-refractivity contribution is 6.18. The maximum absolute atomic E-state index is 11.3. The van der Waals surface area contributed by atoms with Gasteiger partial charge in [0.2, 0.25) is 0 Å². The molecule has 1 aliphatic rings. The van der Waals surface area contributed by atoms with Crippen molar-refractivity contribution in [2.24, 2.45) is 0 Å². The SMILES string of the molecule is CCNC(=O)C1(O)C(=O)NC(=O)N1C. The van der Waals surface area contributed by atoms with Crippen LogP contribution in [0.25, 0.3) is 0 Å². The third kappa shape index (κ3) is 1.22. The van der Waals surface area contributed by atoms with E-state index in [-0.39, 0.29) is 6.54 Å². The smallest absolute Gasteiger partial charge is 0.327 e. The minimum Gasteiger partial charge on any atom is -0.356 e. The molecule has 7 heteroatoms. The highest BCUT2D eigenvalue weighted by atomic mass is 16.4. The summed E-state index contributed by atoms with van der Waals surface area (Å²) >= 11 is 0. The zero-order valence-corrected chi connectivity index (χ0v) is 7.83. The molecule has 1 rings (SSSR count). The molecule has 1 aliphatic heterocycles. The summed E-state index contributed by atoms with van der Waals surface area (Å²) in [7, 11) is 1.16. The molecule has 0 aromatic carbocycles. The number of likely N-dealkylation sites (N-methyl/N-ethyl adjacent to an activating group) is 2. The Hall–Kier alpha value is -1.63. The molecule has 14 heavy (non-hydrogen) atoms. The summed E-state index contributed by atoms with van der Waals surface area (Å²) in [4.78, 5) is 34.1. The molecule has 0 aromatic rings. The lowest BCUT2D eigenvalue weighted by atomic mass is 10.2. The molecule has 78 valence electrons. The molecule has 1 atom stereocenters. The standard InChI is InChI=1S/C7H11N3O4/c1-3-8-4(11)7(14)5(12)9-6(13)10(7)2/h14H,3H2,1-2H3,(H,8,11)(H,9,12,13). The summed E-state index contributed by atoms with van der Waals surface area (Å²) in [5, 5.41) is 13.8. The predicted octanol–water partition coefficient (Wildman–Crippen LogP) is -2.01. The Morgan fingerprint density at radius 2 is 2.21 bits per heavy atom. The number of amides is 4. The third-order valence-electron chi connectivity index (χ3n) is 1.98. The van der Waals surface area contributed by atoms with Crippen LogP contribution in [0.1, 0.15) is 6.92 Å². The molecular formula is C7H11N3O4. The zero-order valence-electron chi connectivity index (χ0n) is 7.83. The van der Waals surface area contributed by atoms with Crippen molar-refractivity contribution in [3.8, 4) is 0 Å². The third-order valence-corrected chi connectivity index (χ3v) is 1.98. The number of hydrogen-bond donors (Lipinski definition) is 3. The Labute approximate surface area is 80.1 Å². The molecule has 0 saturated carbocycles. The molecule has 0 radical (unpaired) electrons. The largest absolute Gasteiger partial charge is 0.356 e. The van der Waals surface area contributed by atoms with E-state index < -0.39 is 23.6 Å². The van der Waals surface area contributed by atoms with Crippen LogP contribution in [0, 0.1) is 0 Å². The molecule has 0 aliphatic carbocycles. The van der Waals surface area contributed by atoms with Crippen LogP contribution in [0.5, 0.6) is 0 Å². The second-order valence-electron chi connectivity index (χ2n) is 2.85. The Balaban J connectivity index is 2.97. The maximum atomic E-state index is 11.3. The minimum atomic E-state index is -2.42. The first-order chi connectivity index (χ1) is 6.44. The summed E-state index contributed by atoms with van der Waals surface area (Å²) < 4.78 is 0. The first-order valence-electron chi connectivity index (χ1n) is 4.04. The zero-order chi connectivity index (χ0) is 10.9. The van der Waals surface area contributed by atoms with Crippen molar-refractivity contribution in [3.05, 3.63) is 0 Å². The normalized spacial score (nSPS) is 26.4. The van der Waals surface area contributed by atoms with Crippen LogP contribution in [0.4, 0.5) is 4.79 Å². The van der Waals surface area contributed by atoms with Crippen LogP contribution in [0.3, 0.4) is 0 Å². The van der Waals surface area contributed by atoms with Crippen LogP contribution >= 0.6 is 0 Å². The van der Waals surface area contributed by atoms with Gasteiger partial charge in [-0.25, -0.2) is 4.79 Å². The summed E-state index contributed by atoms with van der Waals surface area (Å²) in [5.74, 6) is -1.94. The molecule has 1 heterocycles. The number of rotatable bonds is 2. The number of nitrogens with zero attached hydrogens (tertiary/aromatic N) is 1. The van der Waals surface area contributed by atoms with Gasteiger partial charge in [0.05, 0.1) is 0 Å². The number of hydrogen-bond acceptors (Lipinski definition) is 4. The van der Waals surface area contributed by atoms with Gasteiger partial charge >= 0.3 is 11.8 Å². The number of aliphatic hydroxyl groups is 1. The maximum Gasteiger partial charge on any atom is 0.327 e. The molecule has 0 bridgehead atoms. The van der Waals surface area contributed by atoms with Crippen LogP contribution in [-0.4, -0.2) is 47.2 Å². The van der Waals surface area contributed by atoms with E-state index in [1.54, 1.807) is 6.92 Å². The number of imide groups is 1. The van der Waals surface area contributed by atoms with Gasteiger partial charge in [-0.3, -0.25) is 19.8 Å². The molecule has 4 amide bonds. The van der Waals surface area contributed by atoms with Crippen molar-refractivity contribution < 1.29 is 19.5 Å². The lowest BCUT2D eigenvalue weighted by Gasteiger charge is -2.24. The van der Waals surface area contributed by atoms with Gasteiger partial charge in [-0.15, -0.1) is 0 Å². The van der Waals surface area contributed by atoms with Crippen LogP contribution in [0.15, 0.2) is 0 Å². The fourth-order valence-corrected chi connectivity index (χ4v) is 1.11. The topological polar surface area (TPSA) is 98.7 Å². The van der Waals surface area contributed by atoms with Crippen molar-refractivity contribution in [3.63, 3.8) is 0 Å². The molecule has 1 saturated heterocycles. The molecular weight excluding hydrogens is 190 g/mol. The van der Waals surface area contributed by atoms with E-state index in [9.17, 15) is 19.5 Å². The fourth-order valence-electron chi connectivity index (χ4n) is 1.11. The summed E-state index contributed by atoms with van der Waals surface area (Å²) in [5.41, 5.74) is -2.42. The summed E-state index contributed by atoms with van der Waals surface area (Å²) in [6, 6.07) is -0.802. The minimum absolute atomic E-state index is 0.260. The lowest BCUT2D eigenvalue weighted by molar-refractivity contribution is -0.162. The lowest BCUT2D eigenvalue weighted by Crippen LogP contribution is -2.59. The van der Waals surface area contributed by atoms with Crippen molar-refractivity contribution in [1.29, 1.82) is 0 Å². The van der Waals surface area contributed by atoms with E-state index in [4.69, 9.17) is 0 Å². The average Bonchev–Trinajstić information content (AvgIpc) is 2.32. The summed E-state index contributed by atoms with van der Waals surface area (Å²) in [6.45, 7) is 1.90. The van der Waals surface area contributed by atoms with E-state index in [2.05, 4.69) is 5.32 Å². The van der Waals surface area contributed by atoms with Crippen molar-refractivity contribution in [2.75, 3.05) is 13.6 Å². The van der Waals surface area contributed by atoms with Gasteiger partial charge in [-0.2, -0.15) is 0 Å². The monoisotopic (exact) mass is 201 g/mol. The van der Waals surface area contributed by atoms with Crippen LogP contribution in [0.2, 0.25) is 0 Å².